The lowest BCUT2D eigenvalue weighted by Crippen LogP contribution is -2.36. The Balaban J connectivity index is 1.94. The van der Waals surface area contributed by atoms with E-state index in [2.05, 4.69) is 62.3 Å². The smallest absolute Gasteiger partial charge is 0.0815 e. The number of nitrogens with zero attached hydrogens (tertiary/aromatic N) is 2. The van der Waals surface area contributed by atoms with Gasteiger partial charge in [-0.2, -0.15) is 0 Å². The largest absolute Gasteiger partial charge is 0.385 e. The van der Waals surface area contributed by atoms with Crippen LogP contribution in [0.15, 0.2) is 41.0 Å². The van der Waals surface area contributed by atoms with Crippen LogP contribution in [0.5, 0.6) is 0 Å². The summed E-state index contributed by atoms with van der Waals surface area (Å²) in [5, 5.41) is 3.70. The van der Waals surface area contributed by atoms with Crippen LogP contribution in [-0.2, 0) is 0 Å². The molecular weight excluding hydrogens is 282 g/mol. The molecule has 1 fully saturated rings. The lowest BCUT2D eigenvalue weighted by atomic mass is 9.83. The minimum atomic E-state index is -0.0736. The summed E-state index contributed by atoms with van der Waals surface area (Å²) in [6.45, 7) is 8.55. The molecule has 2 atom stereocenters. The van der Waals surface area contributed by atoms with E-state index in [4.69, 9.17) is 4.98 Å². The summed E-state index contributed by atoms with van der Waals surface area (Å²) in [5.41, 5.74) is 4.52. The molecule has 1 aromatic heterocycles. The normalized spacial score (nSPS) is 24.7. The van der Waals surface area contributed by atoms with Crippen molar-refractivity contribution < 1.29 is 0 Å². The average molecular weight is 309 g/mol. The van der Waals surface area contributed by atoms with Crippen LogP contribution in [-0.4, -0.2) is 22.8 Å². The van der Waals surface area contributed by atoms with E-state index in [-0.39, 0.29) is 5.54 Å². The van der Waals surface area contributed by atoms with Crippen molar-refractivity contribution in [1.82, 2.24) is 10.3 Å². The van der Waals surface area contributed by atoms with Gasteiger partial charge in [0.25, 0.3) is 0 Å². The van der Waals surface area contributed by atoms with Crippen molar-refractivity contribution >= 4 is 11.8 Å². The highest BCUT2D eigenvalue weighted by Gasteiger charge is 2.26. The van der Waals surface area contributed by atoms with E-state index in [1.54, 1.807) is 0 Å². The SMILES string of the molecule is CC1CCC2CC=CC(c3cccc(/C=N/C(C)(C)C)n3)=C2N1. The second kappa shape index (κ2) is 6.31. The van der Waals surface area contributed by atoms with Gasteiger partial charge in [0.15, 0.2) is 0 Å². The summed E-state index contributed by atoms with van der Waals surface area (Å²) in [6.07, 6.45) is 10.1. The molecule has 0 saturated carbocycles. The number of nitrogens with one attached hydrogen (secondary N) is 1. The van der Waals surface area contributed by atoms with Gasteiger partial charge in [0.05, 0.1) is 16.9 Å². The maximum absolute atomic E-state index is 4.82. The van der Waals surface area contributed by atoms with Crippen LogP contribution in [0.2, 0.25) is 0 Å². The first-order valence-electron chi connectivity index (χ1n) is 8.62. The van der Waals surface area contributed by atoms with Gasteiger partial charge in [0, 0.05) is 29.4 Å². The topological polar surface area (TPSA) is 37.3 Å². The van der Waals surface area contributed by atoms with Crippen LogP contribution in [0.3, 0.4) is 0 Å². The molecule has 3 heteroatoms. The molecule has 0 aromatic carbocycles. The van der Waals surface area contributed by atoms with Gasteiger partial charge >= 0.3 is 0 Å². The molecule has 0 radical (unpaired) electrons. The van der Waals surface area contributed by atoms with Crippen molar-refractivity contribution in [3.63, 3.8) is 0 Å². The Morgan fingerprint density at radius 1 is 1.26 bits per heavy atom. The van der Waals surface area contributed by atoms with Crippen LogP contribution in [0.4, 0.5) is 0 Å². The number of rotatable bonds is 2. The fraction of sp³-hybridized carbons (Fsp3) is 0.500. The minimum Gasteiger partial charge on any atom is -0.385 e. The van der Waals surface area contributed by atoms with Gasteiger partial charge in [0.1, 0.15) is 0 Å². The first-order valence-corrected chi connectivity index (χ1v) is 8.62. The summed E-state index contributed by atoms with van der Waals surface area (Å²) >= 11 is 0. The molecule has 1 saturated heterocycles. The van der Waals surface area contributed by atoms with Gasteiger partial charge in [-0.25, -0.2) is 4.98 Å². The number of allylic oxidation sites excluding steroid dienone is 4. The molecule has 0 bridgehead atoms. The number of piperidine rings is 1. The average Bonchev–Trinajstić information content (AvgIpc) is 2.52. The van der Waals surface area contributed by atoms with Crippen molar-refractivity contribution in [2.24, 2.45) is 10.9 Å². The summed E-state index contributed by atoms with van der Waals surface area (Å²) in [7, 11) is 0. The first kappa shape index (κ1) is 16.0. The standard InChI is InChI=1S/C20H27N3/c1-14-11-12-15-7-5-9-17(19(15)22-14)18-10-6-8-16(23-18)13-21-20(2,3)4/h5-6,8-10,13-15,22H,7,11-12H2,1-4H3/b21-13+. The molecule has 1 aliphatic carbocycles. The predicted octanol–water partition coefficient (Wildman–Crippen LogP) is 4.36. The van der Waals surface area contributed by atoms with E-state index < -0.39 is 0 Å². The second-order valence-corrected chi connectivity index (χ2v) is 7.66. The lowest BCUT2D eigenvalue weighted by molar-refractivity contribution is 0.383. The van der Waals surface area contributed by atoms with E-state index in [0.717, 1.165) is 17.8 Å². The van der Waals surface area contributed by atoms with E-state index in [9.17, 15) is 0 Å². The monoisotopic (exact) mass is 309 g/mol. The highest BCUT2D eigenvalue weighted by molar-refractivity contribution is 5.81. The Kier molecular flexibility index (Phi) is 4.38. The number of hydrogen-bond acceptors (Lipinski definition) is 3. The Morgan fingerprint density at radius 3 is 2.87 bits per heavy atom. The zero-order valence-corrected chi connectivity index (χ0v) is 14.6. The summed E-state index contributed by atoms with van der Waals surface area (Å²) in [5.74, 6) is 0.625. The number of pyridine rings is 1. The van der Waals surface area contributed by atoms with Gasteiger partial charge in [-0.05, 0) is 59.1 Å². The third kappa shape index (κ3) is 3.90. The van der Waals surface area contributed by atoms with Gasteiger partial charge in [-0.1, -0.05) is 18.2 Å². The molecule has 122 valence electrons. The highest BCUT2D eigenvalue weighted by Crippen LogP contribution is 2.35. The zero-order valence-electron chi connectivity index (χ0n) is 14.6. The van der Waals surface area contributed by atoms with E-state index in [0.29, 0.717) is 12.0 Å². The van der Waals surface area contributed by atoms with Gasteiger partial charge in [-0.15, -0.1) is 0 Å². The summed E-state index contributed by atoms with van der Waals surface area (Å²) < 4.78 is 0. The van der Waals surface area contributed by atoms with Crippen molar-refractivity contribution in [1.29, 1.82) is 0 Å². The summed E-state index contributed by atoms with van der Waals surface area (Å²) in [6, 6.07) is 6.74. The molecule has 1 aromatic rings. The quantitative estimate of drug-likeness (QED) is 0.824. The second-order valence-electron chi connectivity index (χ2n) is 7.66. The third-order valence-corrected chi connectivity index (χ3v) is 4.38. The lowest BCUT2D eigenvalue weighted by Gasteiger charge is -2.34. The molecule has 2 aliphatic rings. The van der Waals surface area contributed by atoms with Gasteiger partial charge in [-0.3, -0.25) is 4.99 Å². The molecule has 2 heterocycles. The molecule has 1 aliphatic heterocycles. The van der Waals surface area contributed by atoms with Crippen molar-refractivity contribution in [3.05, 3.63) is 47.4 Å². The van der Waals surface area contributed by atoms with Crippen molar-refractivity contribution in [2.45, 2.75) is 58.5 Å². The van der Waals surface area contributed by atoms with Crippen LogP contribution < -0.4 is 5.32 Å². The number of fused-ring (bicyclic) bond motifs is 1. The highest BCUT2D eigenvalue weighted by atomic mass is 14.9. The van der Waals surface area contributed by atoms with E-state index in [1.165, 1.54) is 24.1 Å². The fourth-order valence-corrected chi connectivity index (χ4v) is 3.18. The molecular formula is C20H27N3. The molecule has 23 heavy (non-hydrogen) atoms. The molecule has 1 N–H and O–H groups in total. The maximum atomic E-state index is 4.82. The van der Waals surface area contributed by atoms with E-state index in [1.807, 2.05) is 12.3 Å². The first-order chi connectivity index (χ1) is 10.9. The van der Waals surface area contributed by atoms with Crippen LogP contribution in [0, 0.1) is 5.92 Å². The van der Waals surface area contributed by atoms with Crippen LogP contribution in [0.25, 0.3) is 5.57 Å². The molecule has 2 unspecified atom stereocenters. The Bertz CT molecular complexity index is 662. The predicted molar refractivity (Wildman–Crippen MR) is 97.6 cm³/mol. The number of aliphatic imine (C=N–C) groups is 1. The molecule has 3 nitrogen and oxygen atoms in total. The summed E-state index contributed by atoms with van der Waals surface area (Å²) in [4.78, 5) is 9.39. The van der Waals surface area contributed by atoms with Crippen molar-refractivity contribution in [3.8, 4) is 0 Å². The van der Waals surface area contributed by atoms with Crippen molar-refractivity contribution in [2.75, 3.05) is 0 Å². The maximum Gasteiger partial charge on any atom is 0.0815 e. The number of hydrogen-bond donors (Lipinski definition) is 1. The van der Waals surface area contributed by atoms with Gasteiger partial charge in [0.2, 0.25) is 0 Å². The fourth-order valence-electron chi connectivity index (χ4n) is 3.18. The third-order valence-electron chi connectivity index (χ3n) is 4.38. The Morgan fingerprint density at radius 2 is 2.09 bits per heavy atom. The minimum absolute atomic E-state index is 0.0736. The molecule has 3 rings (SSSR count). The van der Waals surface area contributed by atoms with Gasteiger partial charge < -0.3 is 5.32 Å². The van der Waals surface area contributed by atoms with Crippen LogP contribution >= 0.6 is 0 Å². The molecule has 0 spiro atoms. The molecule has 0 amide bonds. The van der Waals surface area contributed by atoms with E-state index >= 15 is 0 Å². The Hall–Kier alpha value is -1.90. The zero-order chi connectivity index (χ0) is 16.4. The van der Waals surface area contributed by atoms with Crippen LogP contribution in [0.1, 0.15) is 58.3 Å². The number of aromatic nitrogens is 1. The Labute approximate surface area is 139 Å².